The molecule has 1 aromatic carbocycles. The normalized spacial score (nSPS) is 22.8. The minimum absolute atomic E-state index is 0.0184. The molecule has 2 aliphatic heterocycles. The molecule has 0 bridgehead atoms. The SMILES string of the molecule is O=C(OCc1ccc([N+](=O)[O-])cc1)N1CC[N+]2=NOC(O)C2C1. The minimum atomic E-state index is -1.06. The molecule has 1 fully saturated rings. The number of nitro groups is 1. The number of nitrogens with zero attached hydrogens (tertiary/aromatic N) is 4. The van der Waals surface area contributed by atoms with Gasteiger partial charge in [0.05, 0.1) is 18.0 Å². The van der Waals surface area contributed by atoms with Crippen molar-refractivity contribution in [2.24, 2.45) is 5.28 Å². The van der Waals surface area contributed by atoms with E-state index in [-0.39, 0.29) is 18.8 Å². The Bertz CT molecular complexity index is 646. The lowest BCUT2D eigenvalue weighted by atomic mass is 10.2. The number of rotatable bonds is 3. The second-order valence-electron chi connectivity index (χ2n) is 5.23. The van der Waals surface area contributed by atoms with Gasteiger partial charge in [-0.2, -0.15) is 0 Å². The Kier molecular flexibility index (Phi) is 4.06. The van der Waals surface area contributed by atoms with Crippen molar-refractivity contribution in [3.05, 3.63) is 39.9 Å². The van der Waals surface area contributed by atoms with Crippen molar-refractivity contribution in [1.29, 1.82) is 0 Å². The summed E-state index contributed by atoms with van der Waals surface area (Å²) in [5.74, 6) is 0. The van der Waals surface area contributed by atoms with E-state index in [9.17, 15) is 20.0 Å². The monoisotopic (exact) mass is 323 g/mol. The lowest BCUT2D eigenvalue weighted by molar-refractivity contribution is -0.631. The molecule has 0 saturated carbocycles. The first kappa shape index (κ1) is 15.2. The number of hydrogen-bond donors (Lipinski definition) is 1. The van der Waals surface area contributed by atoms with Crippen LogP contribution in [0.5, 0.6) is 0 Å². The third-order valence-electron chi connectivity index (χ3n) is 3.75. The number of carbonyl (C=O) groups excluding carboxylic acids is 1. The van der Waals surface area contributed by atoms with Gasteiger partial charge in [0.1, 0.15) is 6.61 Å². The molecule has 1 aromatic rings. The Morgan fingerprint density at radius 2 is 2.26 bits per heavy atom. The fraction of sp³-hybridized carbons (Fsp3) is 0.462. The molecule has 2 atom stereocenters. The number of piperazine rings is 1. The van der Waals surface area contributed by atoms with E-state index in [2.05, 4.69) is 5.28 Å². The first-order valence-corrected chi connectivity index (χ1v) is 7.01. The molecule has 3 rings (SSSR count). The number of nitro benzene ring substituents is 1. The maximum atomic E-state index is 12.1. The van der Waals surface area contributed by atoms with E-state index in [1.807, 2.05) is 0 Å². The van der Waals surface area contributed by atoms with Crippen LogP contribution >= 0.6 is 0 Å². The maximum Gasteiger partial charge on any atom is 0.410 e. The number of aliphatic hydroxyl groups is 1. The van der Waals surface area contributed by atoms with Gasteiger partial charge < -0.3 is 14.7 Å². The third-order valence-corrected chi connectivity index (χ3v) is 3.75. The summed E-state index contributed by atoms with van der Waals surface area (Å²) in [5, 5.41) is 23.9. The summed E-state index contributed by atoms with van der Waals surface area (Å²) in [6.45, 7) is 1.14. The quantitative estimate of drug-likeness (QED) is 0.495. The van der Waals surface area contributed by atoms with Crippen molar-refractivity contribution in [3.8, 4) is 0 Å². The van der Waals surface area contributed by atoms with Crippen LogP contribution in [0.15, 0.2) is 29.5 Å². The molecule has 0 aromatic heterocycles. The smallest absolute Gasteiger partial charge is 0.410 e. The Labute approximate surface area is 130 Å². The van der Waals surface area contributed by atoms with Crippen LogP contribution < -0.4 is 0 Å². The van der Waals surface area contributed by atoms with E-state index >= 15 is 0 Å². The van der Waals surface area contributed by atoms with Crippen LogP contribution in [0.3, 0.4) is 0 Å². The van der Waals surface area contributed by atoms with Crippen molar-refractivity contribution in [1.82, 2.24) is 4.90 Å². The Balaban J connectivity index is 1.53. The van der Waals surface area contributed by atoms with Gasteiger partial charge in [-0.3, -0.25) is 15.0 Å². The zero-order valence-corrected chi connectivity index (χ0v) is 12.1. The lowest BCUT2D eigenvalue weighted by Crippen LogP contribution is -2.52. The molecule has 0 aliphatic carbocycles. The highest BCUT2D eigenvalue weighted by Gasteiger charge is 2.45. The fourth-order valence-corrected chi connectivity index (χ4v) is 2.43. The Hall–Kier alpha value is -2.75. The zero-order valence-electron chi connectivity index (χ0n) is 12.1. The molecular weight excluding hydrogens is 308 g/mol. The van der Waals surface area contributed by atoms with Crippen molar-refractivity contribution >= 4 is 11.8 Å². The van der Waals surface area contributed by atoms with Crippen LogP contribution in [0, 0.1) is 10.1 Å². The number of ether oxygens (including phenoxy) is 1. The summed E-state index contributed by atoms with van der Waals surface area (Å²) in [6, 6.07) is 5.40. The maximum absolute atomic E-state index is 12.1. The van der Waals surface area contributed by atoms with E-state index in [1.165, 1.54) is 29.2 Å². The summed E-state index contributed by atoms with van der Waals surface area (Å²) < 4.78 is 6.80. The summed E-state index contributed by atoms with van der Waals surface area (Å²) in [5.41, 5.74) is 0.636. The zero-order chi connectivity index (χ0) is 16.4. The van der Waals surface area contributed by atoms with Gasteiger partial charge in [-0.25, -0.2) is 4.79 Å². The largest absolute Gasteiger partial charge is 0.445 e. The number of hydrogen-bond acceptors (Lipinski definition) is 7. The standard InChI is InChI=1S/C13H15N4O6/c18-12-11-7-15(5-6-16(11)14-23-12)13(19)22-8-9-1-3-10(4-2-9)17(20)21/h1-4,11-12,18H,5-8H2/q+1. The molecular formula is C13H15N4O6+. The van der Waals surface area contributed by atoms with Crippen LogP contribution in [0.4, 0.5) is 10.5 Å². The van der Waals surface area contributed by atoms with E-state index in [0.29, 0.717) is 18.7 Å². The predicted octanol–water partition coefficient (Wildman–Crippen LogP) is 0.644. The Morgan fingerprint density at radius 3 is 2.96 bits per heavy atom. The van der Waals surface area contributed by atoms with Crippen LogP contribution in [0.2, 0.25) is 0 Å². The molecule has 2 aliphatic rings. The molecule has 122 valence electrons. The van der Waals surface area contributed by atoms with E-state index in [4.69, 9.17) is 9.57 Å². The second kappa shape index (κ2) is 6.16. The molecule has 1 saturated heterocycles. The second-order valence-corrected chi connectivity index (χ2v) is 5.23. The highest BCUT2D eigenvalue weighted by atomic mass is 16.7. The number of carbonyl (C=O) groups is 1. The summed E-state index contributed by atoms with van der Waals surface area (Å²) in [7, 11) is 0. The Morgan fingerprint density at radius 1 is 1.52 bits per heavy atom. The van der Waals surface area contributed by atoms with Crippen molar-refractivity contribution in [3.63, 3.8) is 0 Å². The average molecular weight is 323 g/mol. The summed E-state index contributed by atoms with van der Waals surface area (Å²) >= 11 is 0. The number of aliphatic hydroxyl groups excluding tert-OH is 1. The van der Waals surface area contributed by atoms with Crippen LogP contribution in [-0.2, 0) is 16.2 Å². The molecule has 1 N–H and O–H groups in total. The number of fused-ring (bicyclic) bond motifs is 1. The van der Waals surface area contributed by atoms with Crippen molar-refractivity contribution in [2.45, 2.75) is 18.9 Å². The topological polar surface area (TPSA) is 118 Å². The van der Waals surface area contributed by atoms with E-state index in [1.54, 1.807) is 4.70 Å². The molecule has 1 amide bonds. The molecule has 10 heteroatoms. The van der Waals surface area contributed by atoms with Crippen LogP contribution in [0.1, 0.15) is 5.56 Å². The highest BCUT2D eigenvalue weighted by molar-refractivity contribution is 5.67. The third kappa shape index (κ3) is 3.21. The molecule has 0 radical (unpaired) electrons. The number of benzene rings is 1. The van der Waals surface area contributed by atoms with Gasteiger partial charge >= 0.3 is 6.09 Å². The highest BCUT2D eigenvalue weighted by Crippen LogP contribution is 2.18. The summed E-state index contributed by atoms with van der Waals surface area (Å²) in [4.78, 5) is 28.4. The average Bonchev–Trinajstić information content (AvgIpc) is 2.93. The lowest BCUT2D eigenvalue weighted by Gasteiger charge is -2.26. The van der Waals surface area contributed by atoms with Gasteiger partial charge in [0.15, 0.2) is 11.8 Å². The van der Waals surface area contributed by atoms with Crippen molar-refractivity contribution in [2.75, 3.05) is 19.6 Å². The van der Waals surface area contributed by atoms with Crippen molar-refractivity contribution < 1.29 is 29.1 Å². The van der Waals surface area contributed by atoms with E-state index < -0.39 is 23.3 Å². The van der Waals surface area contributed by atoms with E-state index in [0.717, 1.165) is 0 Å². The van der Waals surface area contributed by atoms with Gasteiger partial charge in [-0.05, 0) is 17.7 Å². The van der Waals surface area contributed by atoms with Gasteiger partial charge in [0.2, 0.25) is 0 Å². The van der Waals surface area contributed by atoms with Gasteiger partial charge in [0, 0.05) is 12.1 Å². The van der Waals surface area contributed by atoms with Crippen LogP contribution in [-0.4, -0.2) is 57.7 Å². The van der Waals surface area contributed by atoms with Gasteiger partial charge in [0.25, 0.3) is 18.0 Å². The first-order chi connectivity index (χ1) is 11.0. The molecule has 10 nitrogen and oxygen atoms in total. The van der Waals surface area contributed by atoms with Crippen LogP contribution in [0.25, 0.3) is 0 Å². The van der Waals surface area contributed by atoms with Gasteiger partial charge in [-0.15, -0.1) is 0 Å². The predicted molar refractivity (Wildman–Crippen MR) is 73.3 cm³/mol. The first-order valence-electron chi connectivity index (χ1n) is 7.01. The fourth-order valence-electron chi connectivity index (χ4n) is 2.43. The summed E-state index contributed by atoms with van der Waals surface area (Å²) in [6.07, 6.45) is -1.57. The minimum Gasteiger partial charge on any atom is -0.445 e. The molecule has 23 heavy (non-hydrogen) atoms. The number of non-ortho nitro benzene ring substituents is 1. The molecule has 0 spiro atoms. The molecule has 2 heterocycles. The molecule has 2 unspecified atom stereocenters. The van der Waals surface area contributed by atoms with Gasteiger partial charge in [-0.1, -0.05) is 4.70 Å². The number of amides is 1.